The van der Waals surface area contributed by atoms with E-state index in [1.54, 1.807) is 24.5 Å². The molecule has 2 heterocycles. The number of rotatable bonds is 5. The van der Waals surface area contributed by atoms with Crippen LogP contribution < -0.4 is 10.1 Å². The van der Waals surface area contributed by atoms with Crippen molar-refractivity contribution in [1.82, 2.24) is 15.0 Å². The lowest BCUT2D eigenvalue weighted by Crippen LogP contribution is -2.12. The molecule has 0 amide bonds. The molecule has 0 atom stereocenters. The number of hydrogen-bond donors (Lipinski definition) is 1. The normalized spacial score (nSPS) is 11.1. The topological polar surface area (TPSA) is 59.9 Å². The van der Waals surface area contributed by atoms with Gasteiger partial charge in [-0.1, -0.05) is 12.1 Å². The Morgan fingerprint density at radius 1 is 1.00 bits per heavy atom. The summed E-state index contributed by atoms with van der Waals surface area (Å²) in [6.07, 6.45) is 3.36. The second-order valence-electron chi connectivity index (χ2n) is 7.11. The molecule has 0 fully saturated rings. The number of benzene rings is 2. The molecule has 0 saturated heterocycles. The van der Waals surface area contributed by atoms with Crippen molar-refractivity contribution in [2.75, 3.05) is 12.4 Å². The molecule has 7 heteroatoms. The van der Waals surface area contributed by atoms with E-state index in [2.05, 4.69) is 20.3 Å². The van der Waals surface area contributed by atoms with Gasteiger partial charge in [0, 0.05) is 34.9 Å². The second kappa shape index (κ2) is 8.02. The standard InChI is InChI=1S/C23H20F2N4O/c1-13(2)27-23-17-10-15(16-7-4-8-18(24)20(16)25)11-19(30-3)21(17)28-22(29-23)14-6-5-9-26-12-14/h4-13H,1-3H3,(H,27,28,29). The maximum atomic E-state index is 14.4. The summed E-state index contributed by atoms with van der Waals surface area (Å²) >= 11 is 0. The zero-order valence-corrected chi connectivity index (χ0v) is 16.8. The summed E-state index contributed by atoms with van der Waals surface area (Å²) in [7, 11) is 1.52. The number of nitrogens with one attached hydrogen (secondary N) is 1. The third kappa shape index (κ3) is 3.66. The maximum Gasteiger partial charge on any atom is 0.166 e. The summed E-state index contributed by atoms with van der Waals surface area (Å²) in [6.45, 7) is 3.98. The summed E-state index contributed by atoms with van der Waals surface area (Å²) in [5, 5.41) is 3.97. The first-order valence-electron chi connectivity index (χ1n) is 9.49. The largest absolute Gasteiger partial charge is 0.494 e. The molecular formula is C23H20F2N4O. The van der Waals surface area contributed by atoms with Gasteiger partial charge in [-0.2, -0.15) is 0 Å². The summed E-state index contributed by atoms with van der Waals surface area (Å²) in [5.41, 5.74) is 1.94. The van der Waals surface area contributed by atoms with Crippen molar-refractivity contribution in [3.8, 4) is 28.3 Å². The van der Waals surface area contributed by atoms with Crippen LogP contribution in [0.5, 0.6) is 5.75 Å². The molecule has 0 spiro atoms. The molecule has 4 aromatic rings. The molecule has 0 aliphatic carbocycles. The Hall–Kier alpha value is -3.61. The highest BCUT2D eigenvalue weighted by Crippen LogP contribution is 2.37. The minimum Gasteiger partial charge on any atom is -0.494 e. The molecule has 152 valence electrons. The Balaban J connectivity index is 2.01. The van der Waals surface area contributed by atoms with Gasteiger partial charge in [-0.25, -0.2) is 18.7 Å². The van der Waals surface area contributed by atoms with Gasteiger partial charge in [-0.05, 0) is 49.7 Å². The van der Waals surface area contributed by atoms with Crippen LogP contribution >= 0.6 is 0 Å². The predicted octanol–water partition coefficient (Wildman–Crippen LogP) is 5.47. The SMILES string of the molecule is COc1cc(-c2cccc(F)c2F)cc2c(NC(C)C)nc(-c3cccnc3)nc12. The van der Waals surface area contributed by atoms with Gasteiger partial charge >= 0.3 is 0 Å². The van der Waals surface area contributed by atoms with Gasteiger partial charge in [0.05, 0.1) is 7.11 Å². The highest BCUT2D eigenvalue weighted by molar-refractivity contribution is 5.98. The van der Waals surface area contributed by atoms with Gasteiger partial charge in [-0.15, -0.1) is 0 Å². The molecule has 0 aliphatic rings. The van der Waals surface area contributed by atoms with Crippen LogP contribution in [0.1, 0.15) is 13.8 Å². The van der Waals surface area contributed by atoms with Gasteiger partial charge in [0.25, 0.3) is 0 Å². The Labute approximate surface area is 172 Å². The van der Waals surface area contributed by atoms with Crippen LogP contribution in [0, 0.1) is 11.6 Å². The Morgan fingerprint density at radius 3 is 2.53 bits per heavy atom. The second-order valence-corrected chi connectivity index (χ2v) is 7.11. The average molecular weight is 406 g/mol. The van der Waals surface area contributed by atoms with E-state index in [0.29, 0.717) is 33.9 Å². The van der Waals surface area contributed by atoms with E-state index in [1.165, 1.54) is 19.2 Å². The lowest BCUT2D eigenvalue weighted by atomic mass is 10.0. The van der Waals surface area contributed by atoms with Crippen molar-refractivity contribution in [2.45, 2.75) is 19.9 Å². The summed E-state index contributed by atoms with van der Waals surface area (Å²) in [6, 6.07) is 11.3. The van der Waals surface area contributed by atoms with Gasteiger partial charge in [0.15, 0.2) is 17.5 Å². The van der Waals surface area contributed by atoms with Gasteiger partial charge in [-0.3, -0.25) is 4.98 Å². The van der Waals surface area contributed by atoms with E-state index in [9.17, 15) is 8.78 Å². The van der Waals surface area contributed by atoms with Crippen molar-refractivity contribution >= 4 is 16.7 Å². The number of ether oxygens (including phenoxy) is 1. The first-order chi connectivity index (χ1) is 14.5. The third-order valence-corrected chi connectivity index (χ3v) is 4.59. The van der Waals surface area contributed by atoms with Crippen LogP contribution in [0.2, 0.25) is 0 Å². The number of aromatic nitrogens is 3. The van der Waals surface area contributed by atoms with E-state index < -0.39 is 11.6 Å². The van der Waals surface area contributed by atoms with Crippen LogP contribution in [-0.2, 0) is 0 Å². The molecule has 30 heavy (non-hydrogen) atoms. The molecule has 0 saturated carbocycles. The average Bonchev–Trinajstić information content (AvgIpc) is 2.75. The number of pyridine rings is 1. The number of fused-ring (bicyclic) bond motifs is 1. The van der Waals surface area contributed by atoms with Crippen molar-refractivity contribution in [3.63, 3.8) is 0 Å². The van der Waals surface area contributed by atoms with Crippen LogP contribution in [-0.4, -0.2) is 28.1 Å². The highest BCUT2D eigenvalue weighted by atomic mass is 19.2. The third-order valence-electron chi connectivity index (χ3n) is 4.59. The van der Waals surface area contributed by atoms with E-state index in [0.717, 1.165) is 11.6 Å². The summed E-state index contributed by atoms with van der Waals surface area (Å²) < 4.78 is 33.8. The molecular weight excluding hydrogens is 386 g/mol. The lowest BCUT2D eigenvalue weighted by molar-refractivity contribution is 0.419. The smallest absolute Gasteiger partial charge is 0.166 e. The zero-order chi connectivity index (χ0) is 21.3. The van der Waals surface area contributed by atoms with Crippen LogP contribution in [0.15, 0.2) is 54.9 Å². The van der Waals surface area contributed by atoms with Crippen molar-refractivity contribution in [1.29, 1.82) is 0 Å². The quantitative estimate of drug-likeness (QED) is 0.477. The maximum absolute atomic E-state index is 14.4. The summed E-state index contributed by atoms with van der Waals surface area (Å²) in [5.74, 6) is -0.321. The fourth-order valence-electron chi connectivity index (χ4n) is 3.25. The number of halogens is 2. The van der Waals surface area contributed by atoms with Crippen LogP contribution in [0.4, 0.5) is 14.6 Å². The fourth-order valence-corrected chi connectivity index (χ4v) is 3.25. The number of anilines is 1. The monoisotopic (exact) mass is 406 g/mol. The first kappa shape index (κ1) is 19.7. The van der Waals surface area contributed by atoms with Crippen molar-refractivity contribution in [3.05, 3.63) is 66.5 Å². The first-order valence-corrected chi connectivity index (χ1v) is 9.49. The number of nitrogens with zero attached hydrogens (tertiary/aromatic N) is 3. The van der Waals surface area contributed by atoms with E-state index >= 15 is 0 Å². The Kier molecular flexibility index (Phi) is 5.27. The number of methoxy groups -OCH3 is 1. The molecule has 2 aromatic carbocycles. The molecule has 0 aliphatic heterocycles. The van der Waals surface area contributed by atoms with Crippen molar-refractivity contribution in [2.24, 2.45) is 0 Å². The van der Waals surface area contributed by atoms with Gasteiger partial charge < -0.3 is 10.1 Å². The molecule has 4 rings (SSSR count). The molecule has 0 radical (unpaired) electrons. The molecule has 2 aromatic heterocycles. The van der Waals surface area contributed by atoms with Gasteiger partial charge in [0.2, 0.25) is 0 Å². The van der Waals surface area contributed by atoms with Crippen molar-refractivity contribution < 1.29 is 13.5 Å². The predicted molar refractivity (Wildman–Crippen MR) is 113 cm³/mol. The van der Waals surface area contributed by atoms with Gasteiger partial charge in [0.1, 0.15) is 17.1 Å². The van der Waals surface area contributed by atoms with E-state index in [-0.39, 0.29) is 11.6 Å². The van der Waals surface area contributed by atoms with Crippen LogP contribution in [0.3, 0.4) is 0 Å². The minimum absolute atomic E-state index is 0.0883. The lowest BCUT2D eigenvalue weighted by Gasteiger charge is -2.16. The molecule has 5 nitrogen and oxygen atoms in total. The van der Waals surface area contributed by atoms with E-state index in [1.807, 2.05) is 26.0 Å². The van der Waals surface area contributed by atoms with Crippen LogP contribution in [0.25, 0.3) is 33.4 Å². The zero-order valence-electron chi connectivity index (χ0n) is 16.8. The Bertz CT molecular complexity index is 1210. The fraction of sp³-hybridized carbons (Fsp3) is 0.174. The highest BCUT2D eigenvalue weighted by Gasteiger charge is 2.18. The Morgan fingerprint density at radius 2 is 1.83 bits per heavy atom. The molecule has 0 unspecified atom stereocenters. The molecule has 1 N–H and O–H groups in total. The minimum atomic E-state index is -0.912. The van der Waals surface area contributed by atoms with E-state index in [4.69, 9.17) is 4.74 Å². The summed E-state index contributed by atoms with van der Waals surface area (Å²) in [4.78, 5) is 13.5. The molecule has 0 bridgehead atoms. The number of hydrogen-bond acceptors (Lipinski definition) is 5.